The third-order valence-corrected chi connectivity index (χ3v) is 6.24. The smallest absolute Gasteiger partial charge is 0.175 e. The molecular weight excluding hydrogens is 396 g/mol. The maximum absolute atomic E-state index is 6.65. The van der Waals surface area contributed by atoms with Gasteiger partial charge in [-0.1, -0.05) is 23.7 Å². The second-order valence-electron chi connectivity index (χ2n) is 6.99. The molecule has 3 heterocycles. The fraction of sp³-hybridized carbons (Fsp3) is 0.500. The Kier molecular flexibility index (Phi) is 6.28. The van der Waals surface area contributed by atoms with Gasteiger partial charge < -0.3 is 19.4 Å². The van der Waals surface area contributed by atoms with Crippen LogP contribution in [0.5, 0.6) is 0 Å². The van der Waals surface area contributed by atoms with E-state index in [9.17, 15) is 0 Å². The van der Waals surface area contributed by atoms with Crippen LogP contribution >= 0.6 is 23.1 Å². The topological polar surface area (TPSA) is 61.2 Å². The van der Waals surface area contributed by atoms with Crippen molar-refractivity contribution in [3.05, 3.63) is 33.9 Å². The summed E-state index contributed by atoms with van der Waals surface area (Å²) in [6, 6.07) is 6.47. The Labute approximate surface area is 174 Å². The quantitative estimate of drug-likeness (QED) is 0.580. The number of hydrogen-bond acceptors (Lipinski definition) is 6. The largest absolute Gasteiger partial charge is 0.383 e. The standard InChI is InChI=1S/C20H25ClN4O2S/c1-13-18(20-23-17(28-24-20)12-22-8-11-26-2)15-4-3-5-16(21)19(15)25(13)14-6-9-27-10-7-14/h3-5,14,22H,6-12H2,1-2H3. The monoisotopic (exact) mass is 420 g/mol. The number of fused-ring (bicyclic) bond motifs is 1. The van der Waals surface area contributed by atoms with Gasteiger partial charge in [0.25, 0.3) is 0 Å². The van der Waals surface area contributed by atoms with E-state index in [1.807, 2.05) is 12.1 Å². The SMILES string of the molecule is COCCNCc1nc(-c2c(C)n(C3CCOCC3)c3c(Cl)cccc23)ns1. The van der Waals surface area contributed by atoms with Crippen LogP contribution in [0, 0.1) is 6.92 Å². The van der Waals surface area contributed by atoms with Gasteiger partial charge in [0, 0.05) is 56.1 Å². The molecule has 0 saturated carbocycles. The highest BCUT2D eigenvalue weighted by Crippen LogP contribution is 2.40. The Balaban J connectivity index is 1.72. The summed E-state index contributed by atoms with van der Waals surface area (Å²) < 4.78 is 17.7. The molecule has 4 rings (SSSR count). The third-order valence-electron chi connectivity index (χ3n) is 5.23. The van der Waals surface area contributed by atoms with Crippen LogP contribution in [0.25, 0.3) is 22.3 Å². The van der Waals surface area contributed by atoms with Gasteiger partial charge in [-0.2, -0.15) is 4.37 Å². The van der Waals surface area contributed by atoms with E-state index < -0.39 is 0 Å². The summed E-state index contributed by atoms with van der Waals surface area (Å²) in [6.07, 6.45) is 1.99. The predicted octanol–water partition coefficient (Wildman–Crippen LogP) is 4.21. The van der Waals surface area contributed by atoms with Gasteiger partial charge in [-0.05, 0) is 37.4 Å². The average molecular weight is 421 g/mol. The van der Waals surface area contributed by atoms with E-state index >= 15 is 0 Å². The molecule has 1 aliphatic rings. The highest BCUT2D eigenvalue weighted by molar-refractivity contribution is 7.05. The molecule has 0 radical (unpaired) electrons. The van der Waals surface area contributed by atoms with E-state index in [4.69, 9.17) is 26.1 Å². The fourth-order valence-electron chi connectivity index (χ4n) is 3.92. The number of aromatic nitrogens is 3. The Morgan fingerprint density at radius 3 is 2.96 bits per heavy atom. The molecule has 0 spiro atoms. The minimum Gasteiger partial charge on any atom is -0.383 e. The average Bonchev–Trinajstić information content (AvgIpc) is 3.28. The van der Waals surface area contributed by atoms with Crippen molar-refractivity contribution in [2.45, 2.75) is 32.4 Å². The summed E-state index contributed by atoms with van der Waals surface area (Å²) in [5, 5.41) is 6.19. The maximum atomic E-state index is 6.65. The van der Waals surface area contributed by atoms with Gasteiger partial charge in [-0.15, -0.1) is 0 Å². The van der Waals surface area contributed by atoms with Gasteiger partial charge in [0.1, 0.15) is 5.01 Å². The minimum absolute atomic E-state index is 0.388. The second-order valence-corrected chi connectivity index (χ2v) is 8.23. The summed E-state index contributed by atoms with van der Waals surface area (Å²) in [6.45, 7) is 5.90. The van der Waals surface area contributed by atoms with Crippen LogP contribution in [0.1, 0.15) is 29.6 Å². The Morgan fingerprint density at radius 2 is 2.18 bits per heavy atom. The molecule has 1 N–H and O–H groups in total. The van der Waals surface area contributed by atoms with Crippen molar-refractivity contribution in [2.24, 2.45) is 0 Å². The number of benzene rings is 1. The van der Waals surface area contributed by atoms with E-state index in [1.54, 1.807) is 7.11 Å². The highest BCUT2D eigenvalue weighted by atomic mass is 35.5. The lowest BCUT2D eigenvalue weighted by atomic mass is 10.1. The summed E-state index contributed by atoms with van der Waals surface area (Å²) in [4.78, 5) is 4.80. The third kappa shape index (κ3) is 3.82. The van der Waals surface area contributed by atoms with Gasteiger partial charge in [-0.3, -0.25) is 0 Å². The number of hydrogen-bond donors (Lipinski definition) is 1. The molecule has 0 atom stereocenters. The Bertz CT molecular complexity index is 949. The van der Waals surface area contributed by atoms with Gasteiger partial charge in [-0.25, -0.2) is 4.98 Å². The number of nitrogens with one attached hydrogen (secondary N) is 1. The molecule has 0 amide bonds. The fourth-order valence-corrected chi connectivity index (χ4v) is 4.81. The molecule has 150 valence electrons. The van der Waals surface area contributed by atoms with Gasteiger partial charge in [0.15, 0.2) is 5.82 Å². The van der Waals surface area contributed by atoms with Crippen LogP contribution < -0.4 is 5.32 Å². The first-order valence-corrected chi connectivity index (χ1v) is 10.7. The van der Waals surface area contributed by atoms with Crippen LogP contribution in [0.4, 0.5) is 0 Å². The minimum atomic E-state index is 0.388. The molecule has 3 aromatic rings. The lowest BCUT2D eigenvalue weighted by molar-refractivity contribution is 0.0703. The van der Waals surface area contributed by atoms with Crippen LogP contribution in [-0.2, 0) is 16.0 Å². The normalized spacial score (nSPS) is 15.5. The van der Waals surface area contributed by atoms with E-state index in [0.717, 1.165) is 64.9 Å². The van der Waals surface area contributed by atoms with E-state index in [2.05, 4.69) is 27.2 Å². The van der Waals surface area contributed by atoms with E-state index in [0.29, 0.717) is 19.2 Å². The van der Waals surface area contributed by atoms with Gasteiger partial charge in [0.2, 0.25) is 0 Å². The molecule has 28 heavy (non-hydrogen) atoms. The Morgan fingerprint density at radius 1 is 1.36 bits per heavy atom. The lowest BCUT2D eigenvalue weighted by Gasteiger charge is -2.26. The molecule has 1 fully saturated rings. The summed E-state index contributed by atoms with van der Waals surface area (Å²) >= 11 is 8.09. The maximum Gasteiger partial charge on any atom is 0.175 e. The van der Waals surface area contributed by atoms with Crippen molar-refractivity contribution in [1.29, 1.82) is 0 Å². The van der Waals surface area contributed by atoms with Crippen molar-refractivity contribution >= 4 is 34.0 Å². The zero-order valence-corrected chi connectivity index (χ0v) is 17.8. The summed E-state index contributed by atoms with van der Waals surface area (Å²) in [7, 11) is 1.70. The molecule has 6 nitrogen and oxygen atoms in total. The number of methoxy groups -OCH3 is 1. The van der Waals surface area contributed by atoms with Crippen LogP contribution in [-0.4, -0.2) is 47.4 Å². The number of nitrogens with zero attached hydrogens (tertiary/aromatic N) is 3. The molecule has 0 bridgehead atoms. The van der Waals surface area contributed by atoms with Crippen molar-refractivity contribution in [2.75, 3.05) is 33.5 Å². The van der Waals surface area contributed by atoms with Crippen LogP contribution in [0.2, 0.25) is 5.02 Å². The van der Waals surface area contributed by atoms with Crippen LogP contribution in [0.3, 0.4) is 0 Å². The first-order valence-electron chi connectivity index (χ1n) is 9.60. The summed E-state index contributed by atoms with van der Waals surface area (Å²) in [5.41, 5.74) is 3.34. The molecule has 1 aromatic carbocycles. The molecular formula is C20H25ClN4O2S. The highest BCUT2D eigenvalue weighted by Gasteiger charge is 2.26. The van der Waals surface area contributed by atoms with E-state index in [1.165, 1.54) is 17.2 Å². The molecule has 8 heteroatoms. The lowest BCUT2D eigenvalue weighted by Crippen LogP contribution is -2.20. The molecule has 0 unspecified atom stereocenters. The van der Waals surface area contributed by atoms with Crippen molar-refractivity contribution < 1.29 is 9.47 Å². The van der Waals surface area contributed by atoms with Crippen molar-refractivity contribution in [3.8, 4) is 11.4 Å². The zero-order chi connectivity index (χ0) is 19.5. The van der Waals surface area contributed by atoms with Gasteiger partial charge in [0.05, 0.1) is 17.1 Å². The molecule has 0 aliphatic carbocycles. The predicted molar refractivity (Wildman–Crippen MR) is 113 cm³/mol. The van der Waals surface area contributed by atoms with Crippen LogP contribution in [0.15, 0.2) is 18.2 Å². The zero-order valence-electron chi connectivity index (χ0n) is 16.2. The second kappa shape index (κ2) is 8.88. The number of ether oxygens (including phenoxy) is 2. The van der Waals surface area contributed by atoms with Gasteiger partial charge >= 0.3 is 0 Å². The molecule has 1 saturated heterocycles. The molecule has 1 aliphatic heterocycles. The first kappa shape index (κ1) is 19.8. The summed E-state index contributed by atoms with van der Waals surface area (Å²) in [5.74, 6) is 0.782. The van der Waals surface area contributed by atoms with Crippen molar-refractivity contribution in [1.82, 2.24) is 19.2 Å². The number of rotatable bonds is 7. The first-order chi connectivity index (χ1) is 13.7. The number of halogens is 1. The number of para-hydroxylation sites is 1. The molecule has 2 aromatic heterocycles. The Hall–Kier alpha value is -1.51. The van der Waals surface area contributed by atoms with Crippen molar-refractivity contribution in [3.63, 3.8) is 0 Å². The van der Waals surface area contributed by atoms with E-state index in [-0.39, 0.29) is 0 Å².